The van der Waals surface area contributed by atoms with Gasteiger partial charge in [0.15, 0.2) is 0 Å². The summed E-state index contributed by atoms with van der Waals surface area (Å²) in [6, 6.07) is 6.73. The van der Waals surface area contributed by atoms with Crippen molar-refractivity contribution in [2.75, 3.05) is 6.61 Å². The number of hydrogen-bond donors (Lipinski definition) is 2. The molecule has 1 aromatic carbocycles. The highest BCUT2D eigenvalue weighted by atomic mass is 79.9. The van der Waals surface area contributed by atoms with Crippen molar-refractivity contribution in [2.24, 2.45) is 5.92 Å². The molecule has 2 rings (SSSR count). The van der Waals surface area contributed by atoms with Crippen LogP contribution in [-0.4, -0.2) is 29.6 Å². The fraction of sp³-hybridized carbons (Fsp3) is 0.500. The Morgan fingerprint density at radius 3 is 2.82 bits per heavy atom. The van der Waals surface area contributed by atoms with E-state index < -0.39 is 12.0 Å². The summed E-state index contributed by atoms with van der Waals surface area (Å²) in [7, 11) is 0. The van der Waals surface area contributed by atoms with Gasteiger partial charge in [0.1, 0.15) is 11.8 Å². The van der Waals surface area contributed by atoms with E-state index in [9.17, 15) is 9.59 Å². The van der Waals surface area contributed by atoms with Crippen LogP contribution in [0.1, 0.15) is 32.1 Å². The van der Waals surface area contributed by atoms with Crippen molar-refractivity contribution in [1.29, 1.82) is 0 Å². The summed E-state index contributed by atoms with van der Waals surface area (Å²) in [4.78, 5) is 22.9. The van der Waals surface area contributed by atoms with E-state index in [1.165, 1.54) is 0 Å². The van der Waals surface area contributed by atoms with Crippen LogP contribution in [0.4, 0.5) is 0 Å². The Morgan fingerprint density at radius 2 is 2.18 bits per heavy atom. The highest BCUT2D eigenvalue weighted by Crippen LogP contribution is 2.33. The van der Waals surface area contributed by atoms with Crippen molar-refractivity contribution >= 4 is 27.8 Å². The van der Waals surface area contributed by atoms with Crippen LogP contribution in [0.2, 0.25) is 0 Å². The average molecular weight is 370 g/mol. The van der Waals surface area contributed by atoms with Gasteiger partial charge < -0.3 is 15.2 Å². The van der Waals surface area contributed by atoms with E-state index in [1.54, 1.807) is 0 Å². The smallest absolute Gasteiger partial charge is 0.326 e. The monoisotopic (exact) mass is 369 g/mol. The largest absolute Gasteiger partial charge is 0.494 e. The molecule has 1 unspecified atom stereocenters. The minimum atomic E-state index is -0.953. The van der Waals surface area contributed by atoms with Crippen molar-refractivity contribution in [3.8, 4) is 5.75 Å². The second-order valence-electron chi connectivity index (χ2n) is 5.55. The second kappa shape index (κ2) is 8.17. The number of benzene rings is 1. The lowest BCUT2D eigenvalue weighted by Crippen LogP contribution is -2.41. The normalized spacial score (nSPS) is 15.1. The Hall–Kier alpha value is -1.56. The molecule has 1 fully saturated rings. The van der Waals surface area contributed by atoms with Crippen LogP contribution >= 0.6 is 15.9 Å². The second-order valence-corrected chi connectivity index (χ2v) is 6.46. The molecule has 1 amide bonds. The topological polar surface area (TPSA) is 75.6 Å². The number of amides is 1. The van der Waals surface area contributed by atoms with Gasteiger partial charge in [-0.25, -0.2) is 4.79 Å². The molecule has 22 heavy (non-hydrogen) atoms. The van der Waals surface area contributed by atoms with Crippen molar-refractivity contribution in [2.45, 2.75) is 38.1 Å². The number of carboxylic acids is 1. The van der Waals surface area contributed by atoms with Gasteiger partial charge in [-0.1, -0.05) is 34.8 Å². The van der Waals surface area contributed by atoms with E-state index in [0.29, 0.717) is 25.4 Å². The lowest BCUT2D eigenvalue weighted by molar-refractivity contribution is -0.142. The summed E-state index contributed by atoms with van der Waals surface area (Å²) >= 11 is 3.36. The predicted octanol–water partition coefficient (Wildman–Crippen LogP) is 2.98. The Labute approximate surface area is 138 Å². The number of carboxylic acid groups (broad SMARTS) is 1. The first kappa shape index (κ1) is 16.8. The Balaban J connectivity index is 1.65. The predicted molar refractivity (Wildman–Crippen MR) is 85.8 cm³/mol. The molecule has 0 spiro atoms. The Bertz CT molecular complexity index is 531. The van der Waals surface area contributed by atoms with Crippen LogP contribution in [0, 0.1) is 5.92 Å². The van der Waals surface area contributed by atoms with Gasteiger partial charge in [0, 0.05) is 10.9 Å². The first-order valence-electron chi connectivity index (χ1n) is 7.45. The molecule has 1 saturated carbocycles. The van der Waals surface area contributed by atoms with E-state index in [0.717, 1.165) is 23.1 Å². The summed E-state index contributed by atoms with van der Waals surface area (Å²) in [5.74, 6) is 0.0183. The van der Waals surface area contributed by atoms with Crippen LogP contribution in [0.3, 0.4) is 0 Å². The maximum absolute atomic E-state index is 11.8. The van der Waals surface area contributed by atoms with E-state index >= 15 is 0 Å². The molecule has 120 valence electrons. The Morgan fingerprint density at radius 1 is 1.41 bits per heavy atom. The highest BCUT2D eigenvalue weighted by Gasteiger charge is 2.29. The lowest BCUT2D eigenvalue weighted by atomic mass is 10.1. The lowest BCUT2D eigenvalue weighted by Gasteiger charge is -2.14. The van der Waals surface area contributed by atoms with Gasteiger partial charge in [-0.3, -0.25) is 4.79 Å². The number of hydrogen-bond acceptors (Lipinski definition) is 3. The molecule has 1 aliphatic carbocycles. The molecule has 0 aliphatic heterocycles. The average Bonchev–Trinajstić information content (AvgIpc) is 3.27. The molecular formula is C16H20BrNO4. The number of rotatable bonds is 9. The number of carbonyl (C=O) groups is 2. The zero-order chi connectivity index (χ0) is 15.9. The van der Waals surface area contributed by atoms with Gasteiger partial charge in [-0.05, 0) is 37.0 Å². The molecule has 2 N–H and O–H groups in total. The number of aliphatic carboxylic acids is 1. The molecule has 0 saturated heterocycles. The standard InChI is InChI=1S/C16H20BrNO4/c17-12-3-1-4-13(10-12)22-8-2-5-15(19)18-14(16(20)21)9-11-6-7-11/h1,3-4,10-11,14H,2,5-9H2,(H,18,19)(H,20,21). The van der Waals surface area contributed by atoms with Crippen LogP contribution in [0.15, 0.2) is 28.7 Å². The SMILES string of the molecule is O=C(CCCOc1cccc(Br)c1)NC(CC1CC1)C(=O)O. The van der Waals surface area contributed by atoms with Crippen molar-refractivity contribution < 1.29 is 19.4 Å². The van der Waals surface area contributed by atoms with Gasteiger partial charge in [0.25, 0.3) is 0 Å². The van der Waals surface area contributed by atoms with Crippen LogP contribution in [0.25, 0.3) is 0 Å². The fourth-order valence-electron chi connectivity index (χ4n) is 2.15. The van der Waals surface area contributed by atoms with Crippen molar-refractivity contribution in [3.63, 3.8) is 0 Å². The molecule has 6 heteroatoms. The van der Waals surface area contributed by atoms with Gasteiger partial charge in [0.05, 0.1) is 6.61 Å². The molecule has 0 heterocycles. The van der Waals surface area contributed by atoms with E-state index in [1.807, 2.05) is 24.3 Å². The molecule has 5 nitrogen and oxygen atoms in total. The number of ether oxygens (including phenoxy) is 1. The molecule has 1 aromatic rings. The quantitative estimate of drug-likeness (QED) is 0.656. The van der Waals surface area contributed by atoms with E-state index in [-0.39, 0.29) is 12.3 Å². The maximum Gasteiger partial charge on any atom is 0.326 e. The number of halogens is 1. The molecular weight excluding hydrogens is 350 g/mol. The zero-order valence-corrected chi connectivity index (χ0v) is 13.8. The van der Waals surface area contributed by atoms with Crippen LogP contribution < -0.4 is 10.1 Å². The third-order valence-electron chi connectivity index (χ3n) is 3.51. The van der Waals surface area contributed by atoms with Crippen LogP contribution in [0.5, 0.6) is 5.75 Å². The summed E-state index contributed by atoms with van der Waals surface area (Å²) in [6.07, 6.45) is 3.49. The minimum Gasteiger partial charge on any atom is -0.494 e. The fourth-order valence-corrected chi connectivity index (χ4v) is 2.53. The first-order valence-corrected chi connectivity index (χ1v) is 8.24. The van der Waals surface area contributed by atoms with E-state index in [2.05, 4.69) is 21.2 Å². The highest BCUT2D eigenvalue weighted by molar-refractivity contribution is 9.10. The van der Waals surface area contributed by atoms with Gasteiger partial charge in [-0.2, -0.15) is 0 Å². The first-order chi connectivity index (χ1) is 10.5. The molecule has 0 bridgehead atoms. The van der Waals surface area contributed by atoms with Gasteiger partial charge in [0.2, 0.25) is 5.91 Å². The molecule has 0 aromatic heterocycles. The summed E-state index contributed by atoms with van der Waals surface area (Å²) < 4.78 is 6.48. The van der Waals surface area contributed by atoms with Crippen molar-refractivity contribution in [1.82, 2.24) is 5.32 Å². The van der Waals surface area contributed by atoms with E-state index in [4.69, 9.17) is 9.84 Å². The molecule has 1 aliphatic rings. The summed E-state index contributed by atoms with van der Waals surface area (Å²) in [5.41, 5.74) is 0. The number of carbonyl (C=O) groups excluding carboxylic acids is 1. The third kappa shape index (κ3) is 6.05. The minimum absolute atomic E-state index is 0.231. The maximum atomic E-state index is 11.8. The summed E-state index contributed by atoms with van der Waals surface area (Å²) in [6.45, 7) is 0.421. The molecule has 0 radical (unpaired) electrons. The Kier molecular flexibility index (Phi) is 6.24. The third-order valence-corrected chi connectivity index (χ3v) is 4.01. The van der Waals surface area contributed by atoms with Crippen LogP contribution in [-0.2, 0) is 9.59 Å². The van der Waals surface area contributed by atoms with Gasteiger partial charge in [-0.15, -0.1) is 0 Å². The van der Waals surface area contributed by atoms with Gasteiger partial charge >= 0.3 is 5.97 Å². The summed E-state index contributed by atoms with van der Waals surface area (Å²) in [5, 5.41) is 11.7. The number of nitrogens with one attached hydrogen (secondary N) is 1. The zero-order valence-electron chi connectivity index (χ0n) is 12.3. The van der Waals surface area contributed by atoms with Crippen molar-refractivity contribution in [3.05, 3.63) is 28.7 Å². The molecule has 1 atom stereocenters.